The molecule has 0 fully saturated rings. The molecule has 2 N–H and O–H groups in total. The quantitative estimate of drug-likeness (QED) is 0.684. The molecule has 2 aromatic rings. The standard InChI is InChI=1S/C11H13N5O4/c1-4-20-10(18)5-7(12)14-8-6(13-5)9(17)16(3)11(19)15(8)2/h4H2,1-3H3,(H2,12,14). The zero-order chi connectivity index (χ0) is 15.0. The third kappa shape index (κ3) is 1.92. The van der Waals surface area contributed by atoms with E-state index in [1.165, 1.54) is 14.1 Å². The first-order chi connectivity index (χ1) is 9.38. The van der Waals surface area contributed by atoms with Crippen LogP contribution < -0.4 is 17.0 Å². The molecule has 0 amide bonds. The van der Waals surface area contributed by atoms with Crippen molar-refractivity contribution in [3.63, 3.8) is 0 Å². The topological polar surface area (TPSA) is 122 Å². The van der Waals surface area contributed by atoms with Crippen molar-refractivity contribution >= 4 is 23.0 Å². The van der Waals surface area contributed by atoms with Gasteiger partial charge in [0.2, 0.25) is 0 Å². The van der Waals surface area contributed by atoms with Gasteiger partial charge in [0.05, 0.1) is 6.61 Å². The van der Waals surface area contributed by atoms with Gasteiger partial charge in [-0.25, -0.2) is 19.6 Å². The molecular weight excluding hydrogens is 266 g/mol. The number of esters is 1. The van der Waals surface area contributed by atoms with E-state index in [4.69, 9.17) is 10.5 Å². The lowest BCUT2D eigenvalue weighted by Crippen LogP contribution is -2.38. The molecule has 106 valence electrons. The minimum atomic E-state index is -0.768. The molecule has 0 aromatic carbocycles. The van der Waals surface area contributed by atoms with Crippen molar-refractivity contribution < 1.29 is 9.53 Å². The number of hydrogen-bond donors (Lipinski definition) is 1. The number of hydrogen-bond acceptors (Lipinski definition) is 7. The summed E-state index contributed by atoms with van der Waals surface area (Å²) in [7, 11) is 2.74. The summed E-state index contributed by atoms with van der Waals surface area (Å²) >= 11 is 0. The molecular formula is C11H13N5O4. The number of aryl methyl sites for hydroxylation is 1. The molecule has 0 saturated heterocycles. The van der Waals surface area contributed by atoms with Gasteiger partial charge >= 0.3 is 11.7 Å². The van der Waals surface area contributed by atoms with Crippen LogP contribution in [-0.2, 0) is 18.8 Å². The van der Waals surface area contributed by atoms with Crippen LogP contribution in [0.15, 0.2) is 9.59 Å². The molecule has 2 rings (SSSR count). The summed E-state index contributed by atoms with van der Waals surface area (Å²) in [6.45, 7) is 1.77. The summed E-state index contributed by atoms with van der Waals surface area (Å²) in [4.78, 5) is 43.2. The van der Waals surface area contributed by atoms with Gasteiger partial charge in [0, 0.05) is 14.1 Å². The maximum absolute atomic E-state index is 12.0. The predicted molar refractivity (Wildman–Crippen MR) is 70.4 cm³/mol. The summed E-state index contributed by atoms with van der Waals surface area (Å²) in [5, 5.41) is 0. The lowest BCUT2D eigenvalue weighted by atomic mass is 10.3. The number of nitrogens with two attached hydrogens (primary N) is 1. The molecule has 9 nitrogen and oxygen atoms in total. The van der Waals surface area contributed by atoms with Gasteiger partial charge in [0.25, 0.3) is 5.56 Å². The first-order valence-corrected chi connectivity index (χ1v) is 5.78. The zero-order valence-corrected chi connectivity index (χ0v) is 11.2. The normalized spacial score (nSPS) is 10.8. The van der Waals surface area contributed by atoms with Crippen molar-refractivity contribution in [3.05, 3.63) is 26.5 Å². The Hall–Kier alpha value is -2.71. The van der Waals surface area contributed by atoms with E-state index in [0.29, 0.717) is 0 Å². The molecule has 9 heteroatoms. The SMILES string of the molecule is CCOC(=O)c1nc2c(=O)n(C)c(=O)n(C)c2nc1N. The molecule has 0 aliphatic rings. The van der Waals surface area contributed by atoms with Crippen LogP contribution in [0.5, 0.6) is 0 Å². The number of rotatable bonds is 2. The van der Waals surface area contributed by atoms with Crippen LogP contribution in [0.4, 0.5) is 5.82 Å². The fraction of sp³-hybridized carbons (Fsp3) is 0.364. The number of ether oxygens (including phenoxy) is 1. The first-order valence-electron chi connectivity index (χ1n) is 5.78. The molecule has 0 aliphatic heterocycles. The Balaban J connectivity index is 2.87. The highest BCUT2D eigenvalue weighted by molar-refractivity contribution is 5.94. The number of nitrogens with zero attached hydrogens (tertiary/aromatic N) is 4. The molecule has 0 bridgehead atoms. The average Bonchev–Trinajstić information content (AvgIpc) is 2.42. The van der Waals surface area contributed by atoms with Crippen LogP contribution in [0, 0.1) is 0 Å². The molecule has 20 heavy (non-hydrogen) atoms. The lowest BCUT2D eigenvalue weighted by Gasteiger charge is -2.09. The van der Waals surface area contributed by atoms with Crippen molar-refractivity contribution in [1.29, 1.82) is 0 Å². The van der Waals surface area contributed by atoms with Gasteiger partial charge < -0.3 is 10.5 Å². The third-order valence-corrected chi connectivity index (χ3v) is 2.77. The van der Waals surface area contributed by atoms with E-state index < -0.39 is 17.2 Å². The number of fused-ring (bicyclic) bond motifs is 1. The van der Waals surface area contributed by atoms with E-state index in [1.54, 1.807) is 6.92 Å². The Morgan fingerprint density at radius 1 is 1.25 bits per heavy atom. The second kappa shape index (κ2) is 4.76. The van der Waals surface area contributed by atoms with Crippen LogP contribution in [0.2, 0.25) is 0 Å². The molecule has 0 aliphatic carbocycles. The number of anilines is 1. The Morgan fingerprint density at radius 2 is 1.90 bits per heavy atom. The fourth-order valence-corrected chi connectivity index (χ4v) is 1.73. The van der Waals surface area contributed by atoms with Crippen LogP contribution in [0.1, 0.15) is 17.4 Å². The highest BCUT2D eigenvalue weighted by Gasteiger charge is 2.19. The van der Waals surface area contributed by atoms with Crippen molar-refractivity contribution in [2.75, 3.05) is 12.3 Å². The second-order valence-corrected chi connectivity index (χ2v) is 4.06. The van der Waals surface area contributed by atoms with Gasteiger partial charge in [-0.3, -0.25) is 13.9 Å². The summed E-state index contributed by atoms with van der Waals surface area (Å²) in [6, 6.07) is 0. The second-order valence-electron chi connectivity index (χ2n) is 4.06. The number of carbonyl (C=O) groups excluding carboxylic acids is 1. The van der Waals surface area contributed by atoms with Gasteiger partial charge in [-0.05, 0) is 6.92 Å². The molecule has 0 saturated carbocycles. The molecule has 0 spiro atoms. The number of carbonyl (C=O) groups is 1. The highest BCUT2D eigenvalue weighted by atomic mass is 16.5. The van der Waals surface area contributed by atoms with E-state index in [-0.39, 0.29) is 29.3 Å². The zero-order valence-electron chi connectivity index (χ0n) is 11.2. The first kappa shape index (κ1) is 13.7. The summed E-state index contributed by atoms with van der Waals surface area (Å²) < 4.78 is 6.79. The van der Waals surface area contributed by atoms with Gasteiger partial charge in [0.1, 0.15) is 0 Å². The van der Waals surface area contributed by atoms with Crippen molar-refractivity contribution in [2.45, 2.75) is 6.92 Å². The monoisotopic (exact) mass is 279 g/mol. The number of aromatic nitrogens is 4. The molecule has 0 atom stereocenters. The minimum absolute atomic E-state index is 0.0173. The van der Waals surface area contributed by atoms with Crippen molar-refractivity contribution in [3.8, 4) is 0 Å². The van der Waals surface area contributed by atoms with E-state index in [9.17, 15) is 14.4 Å². The minimum Gasteiger partial charge on any atom is -0.461 e. The Kier molecular flexibility index (Phi) is 3.26. The third-order valence-electron chi connectivity index (χ3n) is 2.77. The van der Waals surface area contributed by atoms with Crippen LogP contribution in [0.25, 0.3) is 11.2 Å². The summed E-state index contributed by atoms with van der Waals surface area (Å²) in [5.41, 5.74) is 4.08. The van der Waals surface area contributed by atoms with Gasteiger partial charge in [-0.2, -0.15) is 0 Å². The largest absolute Gasteiger partial charge is 0.461 e. The summed E-state index contributed by atoms with van der Waals surface area (Å²) in [5.74, 6) is -0.963. The molecule has 0 radical (unpaired) electrons. The number of nitrogen functional groups attached to an aromatic ring is 1. The van der Waals surface area contributed by atoms with Gasteiger partial charge in [-0.1, -0.05) is 0 Å². The van der Waals surface area contributed by atoms with E-state index in [2.05, 4.69) is 9.97 Å². The Bertz CT molecular complexity index is 820. The molecule has 0 unspecified atom stereocenters. The van der Waals surface area contributed by atoms with E-state index in [1.807, 2.05) is 0 Å². The average molecular weight is 279 g/mol. The van der Waals surface area contributed by atoms with E-state index >= 15 is 0 Å². The Labute approximate surface area is 112 Å². The van der Waals surface area contributed by atoms with Crippen LogP contribution in [-0.4, -0.2) is 31.7 Å². The Morgan fingerprint density at radius 3 is 2.50 bits per heavy atom. The molecule has 2 aromatic heterocycles. The van der Waals surface area contributed by atoms with Gasteiger partial charge in [0.15, 0.2) is 22.7 Å². The fourth-order valence-electron chi connectivity index (χ4n) is 1.73. The predicted octanol–water partition coefficient (Wildman–Crippen LogP) is -1.21. The maximum atomic E-state index is 12.0. The van der Waals surface area contributed by atoms with Crippen LogP contribution >= 0.6 is 0 Å². The van der Waals surface area contributed by atoms with Crippen molar-refractivity contribution in [2.24, 2.45) is 14.1 Å². The maximum Gasteiger partial charge on any atom is 0.360 e. The van der Waals surface area contributed by atoms with Gasteiger partial charge in [-0.15, -0.1) is 0 Å². The van der Waals surface area contributed by atoms with E-state index in [0.717, 1.165) is 9.13 Å². The smallest absolute Gasteiger partial charge is 0.360 e. The lowest BCUT2D eigenvalue weighted by molar-refractivity contribution is 0.0521. The molecule has 2 heterocycles. The summed E-state index contributed by atoms with van der Waals surface area (Å²) in [6.07, 6.45) is 0. The van der Waals surface area contributed by atoms with Crippen molar-refractivity contribution in [1.82, 2.24) is 19.1 Å². The highest BCUT2D eigenvalue weighted by Crippen LogP contribution is 2.11. The van der Waals surface area contributed by atoms with Crippen LogP contribution in [0.3, 0.4) is 0 Å².